The average Bonchev–Trinajstić information content (AvgIpc) is 2.63. The quantitative estimate of drug-likeness (QED) is 0.743. The maximum Gasteiger partial charge on any atom is 0.154 e. The van der Waals surface area contributed by atoms with Gasteiger partial charge in [0.15, 0.2) is 5.82 Å². The van der Waals surface area contributed by atoms with Crippen LogP contribution < -0.4 is 4.90 Å². The van der Waals surface area contributed by atoms with Gasteiger partial charge in [-0.3, -0.25) is 0 Å². The van der Waals surface area contributed by atoms with Gasteiger partial charge in [-0.2, -0.15) is 0 Å². The van der Waals surface area contributed by atoms with Gasteiger partial charge in [-0.1, -0.05) is 66.7 Å². The Morgan fingerprint density at radius 1 is 0.833 bits per heavy atom. The molecule has 3 aromatic rings. The van der Waals surface area contributed by atoms with Crippen LogP contribution in [-0.4, -0.2) is 25.3 Å². The Bertz CT molecular complexity index is 803. The number of aliphatic hydroxyl groups is 1. The second kappa shape index (κ2) is 7.28. The molecule has 0 unspecified atom stereocenters. The van der Waals surface area contributed by atoms with E-state index in [0.717, 1.165) is 16.7 Å². The summed E-state index contributed by atoms with van der Waals surface area (Å²) >= 11 is 0. The second-order valence-electron chi connectivity index (χ2n) is 5.70. The molecule has 0 spiro atoms. The molecule has 0 aliphatic heterocycles. The van der Waals surface area contributed by atoms with E-state index in [9.17, 15) is 0 Å². The van der Waals surface area contributed by atoms with E-state index in [2.05, 4.69) is 0 Å². The maximum atomic E-state index is 15.4. The van der Waals surface area contributed by atoms with Crippen molar-refractivity contribution in [1.82, 2.24) is 0 Å². The molecule has 0 fully saturated rings. The molecule has 122 valence electrons. The molecule has 0 saturated carbocycles. The minimum Gasteiger partial charge on any atom is -0.395 e. The first-order chi connectivity index (χ1) is 11.7. The summed E-state index contributed by atoms with van der Waals surface area (Å²) in [5.41, 5.74) is 3.76. The molecule has 0 aliphatic carbocycles. The Morgan fingerprint density at radius 2 is 1.42 bits per heavy atom. The number of aliphatic hydroxyl groups excluding tert-OH is 1. The lowest BCUT2D eigenvalue weighted by Crippen LogP contribution is -2.22. The van der Waals surface area contributed by atoms with Crippen molar-refractivity contribution in [2.24, 2.45) is 0 Å². The molecule has 0 saturated heterocycles. The van der Waals surface area contributed by atoms with Crippen LogP contribution in [0, 0.1) is 5.82 Å². The fraction of sp³-hybridized carbons (Fsp3) is 0.143. The smallest absolute Gasteiger partial charge is 0.154 e. The molecule has 24 heavy (non-hydrogen) atoms. The number of benzene rings is 3. The summed E-state index contributed by atoms with van der Waals surface area (Å²) < 4.78 is 15.4. The summed E-state index contributed by atoms with van der Waals surface area (Å²) in [5, 5.41) is 9.14. The number of rotatable bonds is 5. The molecular formula is C21H20FNO. The SMILES string of the molecule is CN(CCO)c1ccc(-c2ccccc2)c(-c2ccccc2)c1F. The first-order valence-electron chi connectivity index (χ1n) is 7.97. The van der Waals surface area contributed by atoms with Crippen LogP contribution >= 0.6 is 0 Å². The topological polar surface area (TPSA) is 23.5 Å². The molecular weight excluding hydrogens is 301 g/mol. The molecule has 0 radical (unpaired) electrons. The summed E-state index contributed by atoms with van der Waals surface area (Å²) in [6, 6.07) is 23.1. The Labute approximate surface area is 141 Å². The molecule has 0 heterocycles. The van der Waals surface area contributed by atoms with Crippen LogP contribution in [0.3, 0.4) is 0 Å². The van der Waals surface area contributed by atoms with E-state index in [4.69, 9.17) is 5.11 Å². The van der Waals surface area contributed by atoms with Gasteiger partial charge in [0.1, 0.15) is 0 Å². The van der Waals surface area contributed by atoms with Gasteiger partial charge < -0.3 is 10.0 Å². The molecule has 0 atom stereocenters. The first kappa shape index (κ1) is 16.2. The maximum absolute atomic E-state index is 15.4. The molecule has 3 heteroatoms. The van der Waals surface area contributed by atoms with Gasteiger partial charge in [0.25, 0.3) is 0 Å². The molecule has 3 aromatic carbocycles. The Hall–Kier alpha value is -2.65. The third-order valence-corrected chi connectivity index (χ3v) is 4.12. The lowest BCUT2D eigenvalue weighted by Gasteiger charge is -2.22. The van der Waals surface area contributed by atoms with Crippen molar-refractivity contribution in [3.63, 3.8) is 0 Å². The van der Waals surface area contributed by atoms with Crippen molar-refractivity contribution in [1.29, 1.82) is 0 Å². The Balaban J connectivity index is 2.22. The van der Waals surface area contributed by atoms with Crippen LogP contribution in [0.1, 0.15) is 0 Å². The first-order valence-corrected chi connectivity index (χ1v) is 7.97. The highest BCUT2D eigenvalue weighted by Crippen LogP contribution is 2.38. The van der Waals surface area contributed by atoms with Crippen molar-refractivity contribution >= 4 is 5.69 Å². The van der Waals surface area contributed by atoms with Crippen LogP contribution in [0.5, 0.6) is 0 Å². The second-order valence-corrected chi connectivity index (χ2v) is 5.70. The predicted octanol–water partition coefficient (Wildman–Crippen LogP) is 4.59. The van der Waals surface area contributed by atoms with E-state index in [-0.39, 0.29) is 12.4 Å². The fourth-order valence-electron chi connectivity index (χ4n) is 2.88. The molecule has 0 bridgehead atoms. The van der Waals surface area contributed by atoms with Crippen LogP contribution in [0.2, 0.25) is 0 Å². The Morgan fingerprint density at radius 3 is 2.00 bits per heavy atom. The van der Waals surface area contributed by atoms with E-state index < -0.39 is 0 Å². The number of halogens is 1. The largest absolute Gasteiger partial charge is 0.395 e. The molecule has 3 rings (SSSR count). The lowest BCUT2D eigenvalue weighted by molar-refractivity contribution is 0.304. The average molecular weight is 321 g/mol. The summed E-state index contributed by atoms with van der Waals surface area (Å²) in [7, 11) is 1.78. The monoisotopic (exact) mass is 321 g/mol. The Kier molecular flexibility index (Phi) is 4.92. The normalized spacial score (nSPS) is 10.6. The summed E-state index contributed by atoms with van der Waals surface area (Å²) in [5.74, 6) is -0.265. The highest BCUT2D eigenvalue weighted by atomic mass is 19.1. The molecule has 0 aromatic heterocycles. The van der Waals surface area contributed by atoms with E-state index >= 15 is 4.39 Å². The van der Waals surface area contributed by atoms with Crippen molar-refractivity contribution in [2.45, 2.75) is 0 Å². The van der Waals surface area contributed by atoms with Crippen LogP contribution in [0.4, 0.5) is 10.1 Å². The van der Waals surface area contributed by atoms with Crippen molar-refractivity contribution in [3.8, 4) is 22.3 Å². The van der Waals surface area contributed by atoms with E-state index in [1.54, 1.807) is 18.0 Å². The summed E-state index contributed by atoms with van der Waals surface area (Å²) in [6.07, 6.45) is 0. The lowest BCUT2D eigenvalue weighted by atomic mass is 9.93. The van der Waals surface area contributed by atoms with Crippen LogP contribution in [0.15, 0.2) is 72.8 Å². The summed E-state index contributed by atoms with van der Waals surface area (Å²) in [6.45, 7) is 0.368. The van der Waals surface area contributed by atoms with E-state index in [1.807, 2.05) is 66.7 Å². The standard InChI is InChI=1S/C21H20FNO/c1-23(14-15-24)19-13-12-18(16-8-4-2-5-9-16)20(21(19)22)17-10-6-3-7-11-17/h2-13,24H,14-15H2,1H3. The molecule has 2 nitrogen and oxygen atoms in total. The number of hydrogen-bond acceptors (Lipinski definition) is 2. The zero-order valence-electron chi connectivity index (χ0n) is 13.6. The fourth-order valence-corrected chi connectivity index (χ4v) is 2.88. The number of nitrogens with zero attached hydrogens (tertiary/aromatic N) is 1. The number of hydrogen-bond donors (Lipinski definition) is 1. The molecule has 0 aliphatic rings. The van der Waals surface area contributed by atoms with E-state index in [1.165, 1.54) is 0 Å². The third kappa shape index (κ3) is 3.17. The van der Waals surface area contributed by atoms with Crippen LogP contribution in [-0.2, 0) is 0 Å². The molecule has 1 N–H and O–H groups in total. The van der Waals surface area contributed by atoms with Gasteiger partial charge in [-0.05, 0) is 22.8 Å². The van der Waals surface area contributed by atoms with Crippen LogP contribution in [0.25, 0.3) is 22.3 Å². The van der Waals surface area contributed by atoms with Gasteiger partial charge in [-0.15, -0.1) is 0 Å². The third-order valence-electron chi connectivity index (χ3n) is 4.12. The highest BCUT2D eigenvalue weighted by molar-refractivity contribution is 5.86. The minimum absolute atomic E-state index is 0.0168. The van der Waals surface area contributed by atoms with Crippen molar-refractivity contribution < 1.29 is 9.50 Å². The zero-order chi connectivity index (χ0) is 16.9. The van der Waals surface area contributed by atoms with E-state index in [0.29, 0.717) is 17.8 Å². The minimum atomic E-state index is -0.265. The van der Waals surface area contributed by atoms with Gasteiger partial charge in [0, 0.05) is 19.2 Å². The highest BCUT2D eigenvalue weighted by Gasteiger charge is 2.18. The van der Waals surface area contributed by atoms with Gasteiger partial charge in [0.2, 0.25) is 0 Å². The summed E-state index contributed by atoms with van der Waals surface area (Å²) in [4.78, 5) is 1.73. The zero-order valence-corrected chi connectivity index (χ0v) is 13.6. The van der Waals surface area contributed by atoms with Gasteiger partial charge >= 0.3 is 0 Å². The van der Waals surface area contributed by atoms with Crippen molar-refractivity contribution in [2.75, 3.05) is 25.1 Å². The number of likely N-dealkylation sites (N-methyl/N-ethyl adjacent to an activating group) is 1. The predicted molar refractivity (Wildman–Crippen MR) is 97.6 cm³/mol. The van der Waals surface area contributed by atoms with Gasteiger partial charge in [-0.25, -0.2) is 4.39 Å². The van der Waals surface area contributed by atoms with Gasteiger partial charge in [0.05, 0.1) is 12.3 Å². The number of anilines is 1. The molecule has 0 amide bonds. The van der Waals surface area contributed by atoms with Crippen molar-refractivity contribution in [3.05, 3.63) is 78.6 Å².